The molecular weight excluding hydrogens is 443 g/mol. The van der Waals surface area contributed by atoms with Gasteiger partial charge >= 0.3 is 6.18 Å². The number of benzene rings is 1. The van der Waals surface area contributed by atoms with Crippen LogP contribution < -0.4 is 16.0 Å². The van der Waals surface area contributed by atoms with Crippen molar-refractivity contribution in [3.05, 3.63) is 83.2 Å². The summed E-state index contributed by atoms with van der Waals surface area (Å²) in [6, 6.07) is 15.0. The summed E-state index contributed by atoms with van der Waals surface area (Å²) < 4.78 is 41.4. The van der Waals surface area contributed by atoms with Crippen LogP contribution in [0.4, 0.5) is 24.8 Å². The van der Waals surface area contributed by atoms with Gasteiger partial charge in [0.1, 0.15) is 17.3 Å². The van der Waals surface area contributed by atoms with Gasteiger partial charge in [-0.15, -0.1) is 0 Å². The molecule has 0 bridgehead atoms. The molecule has 1 aliphatic heterocycles. The number of hydrogen-bond acceptors (Lipinski definition) is 6. The zero-order valence-electron chi connectivity index (χ0n) is 18.9. The highest BCUT2D eigenvalue weighted by Gasteiger charge is 2.38. The molecule has 2 atom stereocenters. The monoisotopic (exact) mass is 469 g/mol. The molecule has 0 spiro atoms. The lowest BCUT2D eigenvalue weighted by molar-refractivity contribution is -0.138. The predicted octanol–water partition coefficient (Wildman–Crippen LogP) is 4.48. The van der Waals surface area contributed by atoms with Gasteiger partial charge in [0.15, 0.2) is 0 Å². The van der Waals surface area contributed by atoms with Crippen LogP contribution in [0.1, 0.15) is 47.1 Å². The molecule has 0 radical (unpaired) electrons. The minimum atomic E-state index is -4.75. The Bertz CT molecular complexity index is 1170. The molecule has 0 aliphatic carbocycles. The standard InChI is InChI=1S/C25H26F3N5O/c1-15(2)19-13-33(14-20(31-19)16-7-4-3-5-8-16)21-11-10-18(25(26,27)28)22(32-21)23(34)17-9-6-12-30-24(17)29/h3-12,15,19-20,31H,13-14H2,1-2H3,(H2,29,30)/t19?,20-/m0/s1. The number of halogens is 3. The highest BCUT2D eigenvalue weighted by molar-refractivity contribution is 6.11. The number of carbonyl (C=O) groups is 1. The molecule has 6 nitrogen and oxygen atoms in total. The maximum atomic E-state index is 13.8. The van der Waals surface area contributed by atoms with Gasteiger partial charge in [-0.3, -0.25) is 4.79 Å². The molecule has 2 aromatic heterocycles. The summed E-state index contributed by atoms with van der Waals surface area (Å²) in [5, 5.41) is 3.63. The van der Waals surface area contributed by atoms with Crippen LogP contribution in [0.25, 0.3) is 0 Å². The Kier molecular flexibility index (Phi) is 6.56. The molecule has 1 fully saturated rings. The lowest BCUT2D eigenvalue weighted by Gasteiger charge is -2.41. The van der Waals surface area contributed by atoms with Crippen molar-refractivity contribution in [1.82, 2.24) is 15.3 Å². The number of alkyl halides is 3. The molecule has 178 valence electrons. The number of hydrogen-bond donors (Lipinski definition) is 2. The number of aromatic nitrogens is 2. The molecule has 0 saturated carbocycles. The van der Waals surface area contributed by atoms with E-state index in [0.29, 0.717) is 18.9 Å². The van der Waals surface area contributed by atoms with Crippen molar-refractivity contribution in [3.63, 3.8) is 0 Å². The van der Waals surface area contributed by atoms with Gasteiger partial charge in [-0.1, -0.05) is 44.2 Å². The van der Waals surface area contributed by atoms with Crippen molar-refractivity contribution in [2.24, 2.45) is 5.92 Å². The molecule has 3 N–H and O–H groups in total. The molecule has 1 aliphatic rings. The average Bonchev–Trinajstić information content (AvgIpc) is 2.83. The third-order valence-corrected chi connectivity index (χ3v) is 6.05. The number of carbonyl (C=O) groups excluding carboxylic acids is 1. The van der Waals surface area contributed by atoms with E-state index in [1.807, 2.05) is 35.2 Å². The first kappa shape index (κ1) is 23.7. The molecule has 3 heterocycles. The van der Waals surface area contributed by atoms with Crippen molar-refractivity contribution < 1.29 is 18.0 Å². The van der Waals surface area contributed by atoms with E-state index in [1.54, 1.807) is 0 Å². The Balaban J connectivity index is 1.75. The van der Waals surface area contributed by atoms with Crippen molar-refractivity contribution >= 4 is 17.4 Å². The number of nitrogen functional groups attached to an aromatic ring is 1. The second kappa shape index (κ2) is 9.42. The summed E-state index contributed by atoms with van der Waals surface area (Å²) in [4.78, 5) is 23.1. The first-order valence-corrected chi connectivity index (χ1v) is 11.0. The second-order valence-electron chi connectivity index (χ2n) is 8.71. The molecule has 4 rings (SSSR count). The van der Waals surface area contributed by atoms with E-state index in [1.165, 1.54) is 24.4 Å². The van der Waals surface area contributed by atoms with Gasteiger partial charge in [-0.05, 0) is 35.7 Å². The van der Waals surface area contributed by atoms with E-state index in [2.05, 4.69) is 29.1 Å². The van der Waals surface area contributed by atoms with Gasteiger partial charge in [-0.2, -0.15) is 13.2 Å². The van der Waals surface area contributed by atoms with E-state index in [4.69, 9.17) is 5.73 Å². The first-order valence-electron chi connectivity index (χ1n) is 11.0. The Hall–Kier alpha value is -3.46. The molecule has 3 aromatic rings. The SMILES string of the molecule is CC(C)C1CN(c2ccc(C(F)(F)F)c(C(=O)c3cccnc3N)n2)C[C@@H](c2ccccc2)N1. The summed E-state index contributed by atoms with van der Waals surface area (Å²) in [7, 11) is 0. The fourth-order valence-corrected chi connectivity index (χ4v) is 4.14. The van der Waals surface area contributed by atoms with Gasteiger partial charge in [0.2, 0.25) is 5.78 Å². The van der Waals surface area contributed by atoms with Crippen LogP contribution >= 0.6 is 0 Å². The Labute approximate surface area is 196 Å². The van der Waals surface area contributed by atoms with Crippen LogP contribution in [-0.2, 0) is 6.18 Å². The molecular formula is C25H26F3N5O. The number of nitrogens with zero attached hydrogens (tertiary/aromatic N) is 3. The van der Waals surface area contributed by atoms with Crippen molar-refractivity contribution in [2.75, 3.05) is 23.7 Å². The van der Waals surface area contributed by atoms with E-state index in [0.717, 1.165) is 11.6 Å². The zero-order chi connectivity index (χ0) is 24.5. The fourth-order valence-electron chi connectivity index (χ4n) is 4.14. The minimum absolute atomic E-state index is 0.0421. The summed E-state index contributed by atoms with van der Waals surface area (Å²) in [5.41, 5.74) is 4.96. The van der Waals surface area contributed by atoms with Crippen molar-refractivity contribution in [2.45, 2.75) is 32.1 Å². The van der Waals surface area contributed by atoms with Crippen LogP contribution in [0.2, 0.25) is 0 Å². The topological polar surface area (TPSA) is 84.1 Å². The predicted molar refractivity (Wildman–Crippen MR) is 124 cm³/mol. The van der Waals surface area contributed by atoms with Gasteiger partial charge < -0.3 is 16.0 Å². The average molecular weight is 470 g/mol. The van der Waals surface area contributed by atoms with E-state index < -0.39 is 23.2 Å². The van der Waals surface area contributed by atoms with E-state index in [9.17, 15) is 18.0 Å². The zero-order valence-corrected chi connectivity index (χ0v) is 18.9. The normalized spacial score (nSPS) is 18.8. The first-order chi connectivity index (χ1) is 16.1. The Morgan fingerprint density at radius 2 is 1.82 bits per heavy atom. The highest BCUT2D eigenvalue weighted by atomic mass is 19.4. The number of nitrogens with one attached hydrogen (secondary N) is 1. The van der Waals surface area contributed by atoms with Gasteiger partial charge in [-0.25, -0.2) is 9.97 Å². The lowest BCUT2D eigenvalue weighted by atomic mass is 9.95. The van der Waals surface area contributed by atoms with Crippen LogP contribution in [-0.4, -0.2) is 34.9 Å². The molecule has 1 unspecified atom stereocenters. The van der Waals surface area contributed by atoms with Gasteiger partial charge in [0, 0.05) is 25.3 Å². The number of nitrogens with two attached hydrogens (primary N) is 1. The Morgan fingerprint density at radius 3 is 2.47 bits per heavy atom. The summed E-state index contributed by atoms with van der Waals surface area (Å²) in [6.07, 6.45) is -3.37. The second-order valence-corrected chi connectivity index (χ2v) is 8.71. The largest absolute Gasteiger partial charge is 0.418 e. The quantitative estimate of drug-likeness (QED) is 0.536. The third-order valence-electron chi connectivity index (χ3n) is 6.05. The number of piperazine rings is 1. The highest BCUT2D eigenvalue weighted by Crippen LogP contribution is 2.35. The molecule has 1 saturated heterocycles. The molecule has 34 heavy (non-hydrogen) atoms. The van der Waals surface area contributed by atoms with E-state index in [-0.39, 0.29) is 29.4 Å². The smallest absolute Gasteiger partial charge is 0.383 e. The van der Waals surface area contributed by atoms with Crippen LogP contribution in [0.5, 0.6) is 0 Å². The number of ketones is 1. The minimum Gasteiger partial charge on any atom is -0.383 e. The summed E-state index contributed by atoms with van der Waals surface area (Å²) in [6.45, 7) is 5.21. The number of anilines is 2. The van der Waals surface area contributed by atoms with Gasteiger partial charge in [0.25, 0.3) is 0 Å². The van der Waals surface area contributed by atoms with Crippen molar-refractivity contribution in [3.8, 4) is 0 Å². The number of pyridine rings is 2. The maximum absolute atomic E-state index is 13.8. The van der Waals surface area contributed by atoms with Gasteiger partial charge in [0.05, 0.1) is 17.2 Å². The van der Waals surface area contributed by atoms with Crippen LogP contribution in [0, 0.1) is 5.92 Å². The molecule has 1 aromatic carbocycles. The molecule has 9 heteroatoms. The Morgan fingerprint density at radius 1 is 1.09 bits per heavy atom. The molecule has 0 amide bonds. The fraction of sp³-hybridized carbons (Fsp3) is 0.320. The summed E-state index contributed by atoms with van der Waals surface area (Å²) >= 11 is 0. The third kappa shape index (κ3) is 4.89. The van der Waals surface area contributed by atoms with E-state index >= 15 is 0 Å². The van der Waals surface area contributed by atoms with Crippen molar-refractivity contribution in [1.29, 1.82) is 0 Å². The van der Waals surface area contributed by atoms with Crippen LogP contribution in [0.3, 0.4) is 0 Å². The van der Waals surface area contributed by atoms with Crippen LogP contribution in [0.15, 0.2) is 60.8 Å². The number of rotatable bonds is 5. The lowest BCUT2D eigenvalue weighted by Crippen LogP contribution is -2.54. The maximum Gasteiger partial charge on any atom is 0.418 e. The summed E-state index contributed by atoms with van der Waals surface area (Å²) in [5.74, 6) is -0.458.